The van der Waals surface area contributed by atoms with Crippen LogP contribution in [0.15, 0.2) is 17.5 Å². The number of amides is 2. The van der Waals surface area contributed by atoms with Crippen LogP contribution >= 0.6 is 11.3 Å². The van der Waals surface area contributed by atoms with Gasteiger partial charge >= 0.3 is 0 Å². The first kappa shape index (κ1) is 15.6. The summed E-state index contributed by atoms with van der Waals surface area (Å²) >= 11 is 1.81. The maximum Gasteiger partial charge on any atom is 0.247 e. The Bertz CT molecular complexity index is 524. The number of likely N-dealkylation sites (tertiary alicyclic amines) is 1. The van der Waals surface area contributed by atoms with Crippen molar-refractivity contribution in [2.24, 2.45) is 0 Å². The normalized spacial score (nSPS) is 24.4. The molecule has 0 aromatic carbocycles. The molecule has 0 spiro atoms. The zero-order valence-electron chi connectivity index (χ0n) is 13.0. The molecule has 0 aliphatic carbocycles. The smallest absolute Gasteiger partial charge is 0.247 e. The lowest BCUT2D eigenvalue weighted by atomic mass is 10.1. The first-order chi connectivity index (χ1) is 10.7. The third-order valence-corrected chi connectivity index (χ3v) is 5.57. The lowest BCUT2D eigenvalue weighted by molar-refractivity contribution is -0.139. The lowest BCUT2D eigenvalue weighted by Crippen LogP contribution is -2.52. The van der Waals surface area contributed by atoms with E-state index in [1.54, 1.807) is 0 Å². The molecule has 6 heteroatoms. The Kier molecular flexibility index (Phi) is 4.90. The molecule has 120 valence electrons. The molecule has 2 aliphatic rings. The second-order valence-corrected chi connectivity index (χ2v) is 6.94. The van der Waals surface area contributed by atoms with Crippen LogP contribution in [0.1, 0.15) is 18.2 Å². The summed E-state index contributed by atoms with van der Waals surface area (Å²) in [5.74, 6) is -0.0165. The molecule has 2 fully saturated rings. The van der Waals surface area contributed by atoms with E-state index in [2.05, 4.69) is 27.3 Å². The molecule has 5 nitrogen and oxygen atoms in total. The molecule has 0 saturated carbocycles. The predicted molar refractivity (Wildman–Crippen MR) is 86.8 cm³/mol. The lowest BCUT2D eigenvalue weighted by Gasteiger charge is -2.36. The van der Waals surface area contributed by atoms with Gasteiger partial charge in [0, 0.05) is 44.1 Å². The van der Waals surface area contributed by atoms with Crippen LogP contribution in [0, 0.1) is 0 Å². The molecule has 0 bridgehead atoms. The Morgan fingerprint density at radius 2 is 2.00 bits per heavy atom. The van der Waals surface area contributed by atoms with Crippen LogP contribution in [0.2, 0.25) is 0 Å². The second kappa shape index (κ2) is 6.89. The summed E-state index contributed by atoms with van der Waals surface area (Å²) in [7, 11) is 0. The Morgan fingerprint density at radius 1 is 1.23 bits per heavy atom. The molecule has 2 amide bonds. The topological polar surface area (TPSA) is 43.9 Å². The highest BCUT2D eigenvalue weighted by atomic mass is 32.1. The number of nitrogens with zero attached hydrogens (tertiary/aromatic N) is 3. The van der Waals surface area contributed by atoms with Crippen LogP contribution in [0.3, 0.4) is 0 Å². The predicted octanol–water partition coefficient (Wildman–Crippen LogP) is 1.06. The van der Waals surface area contributed by atoms with E-state index in [1.165, 1.54) is 9.78 Å². The van der Waals surface area contributed by atoms with Crippen LogP contribution < -0.4 is 0 Å². The third kappa shape index (κ3) is 3.24. The van der Waals surface area contributed by atoms with Crippen molar-refractivity contribution in [2.45, 2.75) is 25.8 Å². The number of imide groups is 1. The first-order valence-electron chi connectivity index (χ1n) is 8.02. The number of rotatable bonds is 5. The van der Waals surface area contributed by atoms with Crippen molar-refractivity contribution >= 4 is 23.2 Å². The minimum Gasteiger partial charge on any atom is -0.300 e. The van der Waals surface area contributed by atoms with E-state index in [0.29, 0.717) is 13.0 Å². The van der Waals surface area contributed by atoms with Crippen LogP contribution in [0.4, 0.5) is 0 Å². The average molecular weight is 321 g/mol. The Morgan fingerprint density at radius 3 is 2.59 bits per heavy atom. The molecule has 3 heterocycles. The number of hydrogen-bond acceptors (Lipinski definition) is 5. The van der Waals surface area contributed by atoms with Gasteiger partial charge in [0.2, 0.25) is 11.8 Å². The molecule has 1 aromatic heterocycles. The molecule has 0 unspecified atom stereocenters. The molecule has 1 aromatic rings. The van der Waals surface area contributed by atoms with Crippen molar-refractivity contribution in [2.75, 3.05) is 39.3 Å². The van der Waals surface area contributed by atoms with Crippen molar-refractivity contribution < 1.29 is 9.59 Å². The molecular weight excluding hydrogens is 298 g/mol. The van der Waals surface area contributed by atoms with Crippen molar-refractivity contribution in [3.05, 3.63) is 22.4 Å². The third-order valence-electron chi connectivity index (χ3n) is 4.64. The summed E-state index contributed by atoms with van der Waals surface area (Å²) in [6.07, 6.45) is 1.46. The van der Waals surface area contributed by atoms with Crippen LogP contribution in [-0.4, -0.2) is 71.8 Å². The standard InChI is InChI=1S/C16H23N3O2S/c1-2-19-15(20)12-14(16(19)21)18-9-7-17(8-10-18)6-5-13-4-3-11-22-13/h3-4,11,14H,2,5-10,12H2,1H3/t14-/m0/s1. The van der Waals surface area contributed by atoms with E-state index in [0.717, 1.165) is 39.1 Å². The van der Waals surface area contributed by atoms with E-state index in [1.807, 2.05) is 18.3 Å². The number of piperazine rings is 1. The summed E-state index contributed by atoms with van der Waals surface area (Å²) in [6, 6.07) is 4.07. The summed E-state index contributed by atoms with van der Waals surface area (Å²) < 4.78 is 0. The van der Waals surface area contributed by atoms with E-state index in [4.69, 9.17) is 0 Å². The van der Waals surface area contributed by atoms with Gasteiger partial charge < -0.3 is 4.90 Å². The van der Waals surface area contributed by atoms with Crippen LogP contribution in [0.25, 0.3) is 0 Å². The molecule has 22 heavy (non-hydrogen) atoms. The zero-order valence-corrected chi connectivity index (χ0v) is 13.8. The summed E-state index contributed by atoms with van der Waals surface area (Å²) in [5, 5.41) is 2.12. The molecule has 3 rings (SSSR count). The Balaban J connectivity index is 1.47. The monoisotopic (exact) mass is 321 g/mol. The SMILES string of the molecule is CCN1C(=O)C[C@H](N2CCN(CCc3cccs3)CC2)C1=O. The van der Waals surface area contributed by atoms with Crippen molar-refractivity contribution in [1.82, 2.24) is 14.7 Å². The quantitative estimate of drug-likeness (QED) is 0.761. The summed E-state index contributed by atoms with van der Waals surface area (Å²) in [4.78, 5) is 31.6. The largest absolute Gasteiger partial charge is 0.300 e. The van der Waals surface area contributed by atoms with Gasteiger partial charge in [0.15, 0.2) is 0 Å². The second-order valence-electron chi connectivity index (χ2n) is 5.90. The van der Waals surface area contributed by atoms with E-state index < -0.39 is 0 Å². The Hall–Kier alpha value is -1.24. The van der Waals surface area contributed by atoms with E-state index >= 15 is 0 Å². The van der Waals surface area contributed by atoms with Crippen molar-refractivity contribution in [3.63, 3.8) is 0 Å². The first-order valence-corrected chi connectivity index (χ1v) is 8.90. The minimum atomic E-state index is -0.216. The fourth-order valence-corrected chi connectivity index (χ4v) is 4.00. The minimum absolute atomic E-state index is 0.000430. The van der Waals surface area contributed by atoms with Crippen molar-refractivity contribution in [3.8, 4) is 0 Å². The highest BCUT2D eigenvalue weighted by Gasteiger charge is 2.41. The van der Waals surface area contributed by atoms with Gasteiger partial charge in [0.1, 0.15) is 0 Å². The fraction of sp³-hybridized carbons (Fsp3) is 0.625. The van der Waals surface area contributed by atoms with Gasteiger partial charge in [0.25, 0.3) is 0 Å². The number of carbonyl (C=O) groups is 2. The van der Waals surface area contributed by atoms with Gasteiger partial charge in [0.05, 0.1) is 12.5 Å². The van der Waals surface area contributed by atoms with Crippen molar-refractivity contribution in [1.29, 1.82) is 0 Å². The molecule has 2 aliphatic heterocycles. The molecule has 2 saturated heterocycles. The van der Waals surface area contributed by atoms with Gasteiger partial charge in [-0.1, -0.05) is 6.07 Å². The van der Waals surface area contributed by atoms with E-state index in [-0.39, 0.29) is 17.9 Å². The van der Waals surface area contributed by atoms with Gasteiger partial charge in [-0.15, -0.1) is 11.3 Å². The van der Waals surface area contributed by atoms with Gasteiger partial charge in [-0.2, -0.15) is 0 Å². The van der Waals surface area contributed by atoms with E-state index in [9.17, 15) is 9.59 Å². The molecular formula is C16H23N3O2S. The van der Waals surface area contributed by atoms with Gasteiger partial charge in [-0.05, 0) is 24.8 Å². The number of carbonyl (C=O) groups excluding carboxylic acids is 2. The van der Waals surface area contributed by atoms with Crippen LogP contribution in [-0.2, 0) is 16.0 Å². The maximum absolute atomic E-state index is 12.3. The van der Waals surface area contributed by atoms with Crippen LogP contribution in [0.5, 0.6) is 0 Å². The van der Waals surface area contributed by atoms with Gasteiger partial charge in [-0.25, -0.2) is 0 Å². The Labute approximate surface area is 135 Å². The van der Waals surface area contributed by atoms with Gasteiger partial charge in [-0.3, -0.25) is 19.4 Å². The summed E-state index contributed by atoms with van der Waals surface area (Å²) in [6.45, 7) is 7.16. The number of hydrogen-bond donors (Lipinski definition) is 0. The number of likely N-dealkylation sites (N-methyl/N-ethyl adjacent to an activating group) is 1. The maximum atomic E-state index is 12.3. The molecule has 0 radical (unpaired) electrons. The zero-order chi connectivity index (χ0) is 15.5. The molecule has 0 N–H and O–H groups in total. The highest BCUT2D eigenvalue weighted by Crippen LogP contribution is 2.20. The number of thiophene rings is 1. The molecule has 1 atom stereocenters. The summed E-state index contributed by atoms with van der Waals surface area (Å²) in [5.41, 5.74) is 0. The average Bonchev–Trinajstić information content (AvgIpc) is 3.14. The fourth-order valence-electron chi connectivity index (χ4n) is 3.30. The highest BCUT2D eigenvalue weighted by molar-refractivity contribution is 7.09.